The van der Waals surface area contributed by atoms with Gasteiger partial charge in [-0.15, -0.1) is 11.6 Å². The molecule has 3 aliphatic rings. The van der Waals surface area contributed by atoms with Crippen LogP contribution in [0.4, 0.5) is 0 Å². The molecule has 0 heterocycles. The van der Waals surface area contributed by atoms with E-state index in [1.165, 1.54) is 81.2 Å². The smallest absolute Gasteiger partial charge is 0.0818 e. The Morgan fingerprint density at radius 2 is 1.87 bits per heavy atom. The Kier molecular flexibility index (Phi) is 7.42. The Hall–Kier alpha value is -0.640. The van der Waals surface area contributed by atoms with Crippen LogP contribution < -0.4 is 11.1 Å². The Bertz CT molecular complexity index is 702. The minimum Gasteiger partial charge on any atom is -0.376 e. The fraction of sp³-hybridized carbons (Fsp3) is 0.731. The standard InChI is InChI=1S/C26H39ClN2S/c27-15-5-14-25(22-7-2-1-3-8-22)16-21-6-4-13-26(17-21,19-25)24(30)29-23-11-9-20(18-28)10-12-23/h1-3,7-8,20-21,23H,4-6,9-19,28H2,(H,29,30)/t20-,21?,23-,25?,26?. The lowest BCUT2D eigenvalue weighted by molar-refractivity contribution is 0.0639. The number of fused-ring (bicyclic) bond motifs is 2. The second kappa shape index (κ2) is 9.88. The van der Waals surface area contributed by atoms with E-state index in [1.54, 1.807) is 0 Å². The summed E-state index contributed by atoms with van der Waals surface area (Å²) >= 11 is 12.4. The first-order valence-electron chi connectivity index (χ1n) is 12.2. The normalized spacial score (nSPS) is 36.3. The first-order valence-corrected chi connectivity index (χ1v) is 13.2. The first kappa shape index (κ1) is 22.6. The second-order valence-electron chi connectivity index (χ2n) is 10.5. The van der Waals surface area contributed by atoms with E-state index >= 15 is 0 Å². The molecule has 166 valence electrons. The maximum absolute atomic E-state index is 6.21. The van der Waals surface area contributed by atoms with E-state index in [0.717, 1.165) is 24.8 Å². The Morgan fingerprint density at radius 3 is 2.57 bits per heavy atom. The van der Waals surface area contributed by atoms with Crippen LogP contribution in [0, 0.1) is 17.3 Å². The van der Waals surface area contributed by atoms with Gasteiger partial charge in [-0.1, -0.05) is 55.4 Å². The van der Waals surface area contributed by atoms with Crippen LogP contribution in [0.25, 0.3) is 0 Å². The third kappa shape index (κ3) is 4.74. The zero-order valence-corrected chi connectivity index (χ0v) is 20.0. The largest absolute Gasteiger partial charge is 0.376 e. The quantitative estimate of drug-likeness (QED) is 0.378. The average Bonchev–Trinajstić information content (AvgIpc) is 2.78. The Balaban J connectivity index is 1.56. The number of alkyl halides is 1. The molecule has 1 aromatic rings. The summed E-state index contributed by atoms with van der Waals surface area (Å²) < 4.78 is 0. The van der Waals surface area contributed by atoms with Gasteiger partial charge < -0.3 is 11.1 Å². The number of rotatable bonds is 7. The molecular weight excluding hydrogens is 408 g/mol. The highest BCUT2D eigenvalue weighted by molar-refractivity contribution is 7.80. The lowest BCUT2D eigenvalue weighted by Crippen LogP contribution is -2.54. The number of benzene rings is 1. The molecule has 3 unspecified atom stereocenters. The van der Waals surface area contributed by atoms with E-state index in [1.807, 2.05) is 0 Å². The highest BCUT2D eigenvalue weighted by atomic mass is 35.5. The molecule has 0 spiro atoms. The van der Waals surface area contributed by atoms with Crippen molar-refractivity contribution in [1.82, 2.24) is 5.32 Å². The van der Waals surface area contributed by atoms with Crippen LogP contribution in [-0.4, -0.2) is 23.5 Å². The zero-order chi connectivity index (χ0) is 21.0. The number of hydrogen-bond donors (Lipinski definition) is 2. The van der Waals surface area contributed by atoms with E-state index in [-0.39, 0.29) is 10.8 Å². The molecule has 4 rings (SSSR count). The highest BCUT2D eigenvalue weighted by Gasteiger charge is 2.52. The molecule has 3 atom stereocenters. The van der Waals surface area contributed by atoms with Gasteiger partial charge in [0.25, 0.3) is 0 Å². The van der Waals surface area contributed by atoms with Gasteiger partial charge >= 0.3 is 0 Å². The van der Waals surface area contributed by atoms with E-state index in [9.17, 15) is 0 Å². The summed E-state index contributed by atoms with van der Waals surface area (Å²) in [4.78, 5) is 1.18. The van der Waals surface area contributed by atoms with E-state index in [2.05, 4.69) is 35.6 Å². The molecule has 1 aromatic carbocycles. The van der Waals surface area contributed by atoms with Gasteiger partial charge in [0, 0.05) is 17.3 Å². The molecule has 0 amide bonds. The van der Waals surface area contributed by atoms with Crippen molar-refractivity contribution in [2.75, 3.05) is 12.4 Å². The number of nitrogens with two attached hydrogens (primary N) is 1. The van der Waals surface area contributed by atoms with Gasteiger partial charge in [-0.25, -0.2) is 0 Å². The van der Waals surface area contributed by atoms with E-state index in [4.69, 9.17) is 29.6 Å². The molecule has 0 saturated heterocycles. The molecule has 30 heavy (non-hydrogen) atoms. The van der Waals surface area contributed by atoms with Gasteiger partial charge in [-0.3, -0.25) is 0 Å². The zero-order valence-electron chi connectivity index (χ0n) is 18.4. The molecule has 0 aromatic heterocycles. The van der Waals surface area contributed by atoms with Crippen molar-refractivity contribution >= 4 is 28.8 Å². The fourth-order valence-electron chi connectivity index (χ4n) is 7.01. The molecule has 0 aliphatic heterocycles. The van der Waals surface area contributed by atoms with Crippen molar-refractivity contribution in [3.63, 3.8) is 0 Å². The van der Waals surface area contributed by atoms with Crippen LogP contribution in [0.5, 0.6) is 0 Å². The summed E-state index contributed by atoms with van der Waals surface area (Å²) in [7, 11) is 0. The molecule has 2 nitrogen and oxygen atoms in total. The summed E-state index contributed by atoms with van der Waals surface area (Å²) in [6.45, 7) is 0.836. The lowest BCUT2D eigenvalue weighted by Gasteiger charge is -2.55. The van der Waals surface area contributed by atoms with Gasteiger partial charge in [0.2, 0.25) is 0 Å². The number of hydrogen-bond acceptors (Lipinski definition) is 2. The van der Waals surface area contributed by atoms with Crippen molar-refractivity contribution in [3.8, 4) is 0 Å². The molecule has 2 bridgehead atoms. The molecule has 3 saturated carbocycles. The Morgan fingerprint density at radius 1 is 1.10 bits per heavy atom. The van der Waals surface area contributed by atoms with Crippen LogP contribution >= 0.6 is 23.8 Å². The molecule has 3 fully saturated rings. The van der Waals surface area contributed by atoms with Gasteiger partial charge in [-0.2, -0.15) is 0 Å². The Labute approximate surface area is 193 Å². The topological polar surface area (TPSA) is 38.0 Å². The van der Waals surface area contributed by atoms with Crippen LogP contribution in [-0.2, 0) is 5.41 Å². The summed E-state index contributed by atoms with van der Waals surface area (Å²) in [5.41, 5.74) is 7.81. The minimum absolute atomic E-state index is 0.170. The number of thiocarbonyl (C=S) groups is 1. The summed E-state index contributed by atoms with van der Waals surface area (Å²) in [6.07, 6.45) is 14.9. The third-order valence-corrected chi connectivity index (χ3v) is 9.29. The van der Waals surface area contributed by atoms with Crippen LogP contribution in [0.15, 0.2) is 30.3 Å². The fourth-order valence-corrected chi connectivity index (χ4v) is 7.57. The molecule has 4 heteroatoms. The summed E-state index contributed by atoms with van der Waals surface area (Å²) in [5.74, 6) is 2.25. The van der Waals surface area contributed by atoms with Crippen molar-refractivity contribution in [1.29, 1.82) is 0 Å². The maximum atomic E-state index is 6.21. The van der Waals surface area contributed by atoms with Crippen molar-refractivity contribution in [3.05, 3.63) is 35.9 Å². The monoisotopic (exact) mass is 446 g/mol. The van der Waals surface area contributed by atoms with Crippen molar-refractivity contribution in [2.45, 2.75) is 88.5 Å². The molecule has 3 aliphatic carbocycles. The van der Waals surface area contributed by atoms with Gasteiger partial charge in [0.15, 0.2) is 0 Å². The van der Waals surface area contributed by atoms with E-state index < -0.39 is 0 Å². The SMILES string of the molecule is NC[C@H]1CC[C@H](NC(=S)C23CCCC(C2)CC(CCCCl)(c2ccccc2)C3)CC1. The molecule has 3 N–H and O–H groups in total. The average molecular weight is 447 g/mol. The van der Waals surface area contributed by atoms with Crippen molar-refractivity contribution in [2.24, 2.45) is 23.0 Å². The summed E-state index contributed by atoms with van der Waals surface area (Å²) in [5, 5.41) is 3.89. The van der Waals surface area contributed by atoms with E-state index in [0.29, 0.717) is 12.0 Å². The van der Waals surface area contributed by atoms with Crippen molar-refractivity contribution < 1.29 is 0 Å². The first-order chi connectivity index (χ1) is 14.6. The van der Waals surface area contributed by atoms with Gasteiger partial charge in [0.1, 0.15) is 0 Å². The predicted octanol–water partition coefficient (Wildman–Crippen LogP) is 6.35. The lowest BCUT2D eigenvalue weighted by atomic mass is 9.51. The predicted molar refractivity (Wildman–Crippen MR) is 132 cm³/mol. The molecule has 0 radical (unpaired) electrons. The van der Waals surface area contributed by atoms with Gasteiger partial charge in [-0.05, 0) is 93.6 Å². The number of nitrogens with one attached hydrogen (secondary N) is 1. The number of halogens is 1. The van der Waals surface area contributed by atoms with Crippen LogP contribution in [0.2, 0.25) is 0 Å². The minimum atomic E-state index is 0.170. The third-order valence-electron chi connectivity index (χ3n) is 8.48. The van der Waals surface area contributed by atoms with Crippen LogP contribution in [0.3, 0.4) is 0 Å². The highest BCUT2D eigenvalue weighted by Crippen LogP contribution is 2.58. The molecular formula is C26H39ClN2S. The van der Waals surface area contributed by atoms with Crippen LogP contribution in [0.1, 0.15) is 82.6 Å². The second-order valence-corrected chi connectivity index (χ2v) is 11.3. The van der Waals surface area contributed by atoms with Gasteiger partial charge in [0.05, 0.1) is 4.99 Å². The summed E-state index contributed by atoms with van der Waals surface area (Å²) in [6, 6.07) is 11.8. The maximum Gasteiger partial charge on any atom is 0.0818 e.